The molecule has 8 nitrogen and oxygen atoms in total. The lowest BCUT2D eigenvalue weighted by atomic mass is 10.0. The molecular weight excluding hydrogens is 689 g/mol. The number of nitrogens with zero attached hydrogens (tertiary/aromatic N) is 2. The van der Waals surface area contributed by atoms with Gasteiger partial charge in [0.05, 0.1) is 17.2 Å². The predicted octanol–water partition coefficient (Wildman–Crippen LogP) is 7.47. The number of amides is 2. The fraction of sp³-hybridized carbons (Fsp3) is 0.278. The second-order valence-corrected chi connectivity index (χ2v) is 14.8. The van der Waals surface area contributed by atoms with Crippen LogP contribution in [0.2, 0.25) is 10.0 Å². The molecule has 254 valence electrons. The third-order valence-corrected chi connectivity index (χ3v) is 10.5. The van der Waals surface area contributed by atoms with Gasteiger partial charge in [-0.15, -0.1) is 11.8 Å². The molecule has 0 heterocycles. The summed E-state index contributed by atoms with van der Waals surface area (Å²) in [7, 11) is -4.25. The molecule has 12 heteroatoms. The normalized spacial score (nSPS) is 12.0. The summed E-state index contributed by atoms with van der Waals surface area (Å²) in [6, 6.07) is 26.0. The van der Waals surface area contributed by atoms with Gasteiger partial charge in [-0.2, -0.15) is 0 Å². The lowest BCUT2D eigenvalue weighted by molar-refractivity contribution is -0.140. The number of hydrogen-bond donors (Lipinski definition) is 1. The monoisotopic (exact) mass is 727 g/mol. The molecule has 2 amide bonds. The molecule has 0 spiro atoms. The van der Waals surface area contributed by atoms with Crippen LogP contribution in [0.5, 0.6) is 5.75 Å². The Balaban J connectivity index is 1.82. The van der Waals surface area contributed by atoms with Gasteiger partial charge in [0.2, 0.25) is 11.8 Å². The first-order valence-electron chi connectivity index (χ1n) is 15.4. The van der Waals surface area contributed by atoms with Gasteiger partial charge in [-0.05, 0) is 98.8 Å². The number of carbonyl (C=O) groups excluding carboxylic acids is 2. The Morgan fingerprint density at radius 3 is 2.17 bits per heavy atom. The summed E-state index contributed by atoms with van der Waals surface area (Å²) in [4.78, 5) is 30.8. The highest BCUT2D eigenvalue weighted by atomic mass is 35.5. The number of anilines is 1. The molecule has 0 bridgehead atoms. The van der Waals surface area contributed by atoms with E-state index < -0.39 is 28.5 Å². The summed E-state index contributed by atoms with van der Waals surface area (Å²) >= 11 is 14.2. The van der Waals surface area contributed by atoms with E-state index in [1.54, 1.807) is 54.6 Å². The van der Waals surface area contributed by atoms with Gasteiger partial charge in [-0.25, -0.2) is 8.42 Å². The van der Waals surface area contributed by atoms with Crippen molar-refractivity contribution in [1.29, 1.82) is 0 Å². The minimum absolute atomic E-state index is 0.0210. The Hall–Kier alpha value is -3.70. The van der Waals surface area contributed by atoms with E-state index in [0.29, 0.717) is 28.0 Å². The average molecular weight is 729 g/mol. The van der Waals surface area contributed by atoms with Crippen molar-refractivity contribution in [3.8, 4) is 5.75 Å². The van der Waals surface area contributed by atoms with Gasteiger partial charge in [-0.3, -0.25) is 13.9 Å². The zero-order valence-corrected chi connectivity index (χ0v) is 30.4. The maximum Gasteiger partial charge on any atom is 0.264 e. The van der Waals surface area contributed by atoms with Crippen molar-refractivity contribution in [3.05, 3.63) is 118 Å². The average Bonchev–Trinajstić information content (AvgIpc) is 3.06. The van der Waals surface area contributed by atoms with Crippen molar-refractivity contribution in [1.82, 2.24) is 10.2 Å². The van der Waals surface area contributed by atoms with Gasteiger partial charge in [0.25, 0.3) is 10.0 Å². The van der Waals surface area contributed by atoms with Crippen LogP contribution in [0.1, 0.15) is 31.9 Å². The van der Waals surface area contributed by atoms with E-state index in [1.165, 1.54) is 28.8 Å². The Morgan fingerprint density at radius 1 is 0.917 bits per heavy atom. The molecule has 0 saturated carbocycles. The van der Waals surface area contributed by atoms with E-state index in [1.807, 2.05) is 57.4 Å². The van der Waals surface area contributed by atoms with Crippen LogP contribution < -0.4 is 14.4 Å². The number of thioether (sulfide) groups is 1. The molecule has 0 fully saturated rings. The van der Waals surface area contributed by atoms with Crippen LogP contribution in [0.3, 0.4) is 0 Å². The van der Waals surface area contributed by atoms with Crippen molar-refractivity contribution < 1.29 is 22.7 Å². The molecule has 4 rings (SSSR count). The lowest BCUT2D eigenvalue weighted by Crippen LogP contribution is -2.54. The Kier molecular flexibility index (Phi) is 13.2. The van der Waals surface area contributed by atoms with Gasteiger partial charge in [0.15, 0.2) is 0 Å². The first-order valence-corrected chi connectivity index (χ1v) is 18.8. The van der Waals surface area contributed by atoms with Gasteiger partial charge < -0.3 is 15.0 Å². The Labute approximate surface area is 297 Å². The highest BCUT2D eigenvalue weighted by molar-refractivity contribution is 7.98. The molecule has 0 aliphatic rings. The van der Waals surface area contributed by atoms with E-state index in [4.69, 9.17) is 27.9 Å². The maximum atomic E-state index is 14.6. The molecule has 0 aromatic heterocycles. The highest BCUT2D eigenvalue weighted by Gasteiger charge is 2.35. The number of carbonyl (C=O) groups is 2. The van der Waals surface area contributed by atoms with Crippen molar-refractivity contribution in [2.75, 3.05) is 23.7 Å². The van der Waals surface area contributed by atoms with Crippen LogP contribution in [0.4, 0.5) is 5.69 Å². The summed E-state index contributed by atoms with van der Waals surface area (Å²) in [5.74, 6) is -0.420. The Bertz CT molecular complexity index is 1790. The molecule has 4 aromatic carbocycles. The number of rotatable bonds is 15. The minimum Gasteiger partial charge on any atom is -0.494 e. The summed E-state index contributed by atoms with van der Waals surface area (Å²) in [6.07, 6.45) is 2.08. The molecule has 1 unspecified atom stereocenters. The van der Waals surface area contributed by atoms with Crippen molar-refractivity contribution in [2.45, 2.75) is 55.6 Å². The molecule has 1 N–H and O–H groups in total. The van der Waals surface area contributed by atoms with Crippen LogP contribution in [0.15, 0.2) is 107 Å². The molecule has 48 heavy (non-hydrogen) atoms. The number of ether oxygens (including phenoxy) is 1. The second-order valence-electron chi connectivity index (χ2n) is 11.2. The zero-order valence-electron chi connectivity index (χ0n) is 27.2. The van der Waals surface area contributed by atoms with Crippen LogP contribution >= 0.6 is 35.0 Å². The zero-order chi connectivity index (χ0) is 34.8. The molecule has 4 aromatic rings. The predicted molar refractivity (Wildman–Crippen MR) is 195 cm³/mol. The smallest absolute Gasteiger partial charge is 0.264 e. The molecule has 0 radical (unpaired) electrons. The maximum absolute atomic E-state index is 14.6. The summed E-state index contributed by atoms with van der Waals surface area (Å²) in [6.45, 7) is 5.30. The topological polar surface area (TPSA) is 96.0 Å². The number of sulfonamides is 1. The van der Waals surface area contributed by atoms with Crippen LogP contribution in [0.25, 0.3) is 0 Å². The lowest BCUT2D eigenvalue weighted by Gasteiger charge is -2.34. The van der Waals surface area contributed by atoms with Crippen molar-refractivity contribution >= 4 is 62.5 Å². The van der Waals surface area contributed by atoms with Crippen LogP contribution in [-0.2, 0) is 32.6 Å². The number of benzene rings is 4. The second kappa shape index (κ2) is 17.1. The largest absolute Gasteiger partial charge is 0.494 e. The third kappa shape index (κ3) is 9.69. The fourth-order valence-electron chi connectivity index (χ4n) is 5.05. The quantitative estimate of drug-likeness (QED) is 0.128. The van der Waals surface area contributed by atoms with Gasteiger partial charge in [-0.1, -0.05) is 59.6 Å². The summed E-state index contributed by atoms with van der Waals surface area (Å²) in [5, 5.41) is 3.67. The summed E-state index contributed by atoms with van der Waals surface area (Å²) < 4.78 is 35.2. The SMILES string of the molecule is CCOc1ccc(N(CC(=O)N(Cc2ccc(Cl)cc2Cl)C(Cc2ccccc2)C(=O)NC(C)C)S(=O)(=O)c2ccc(SC)cc2)cc1. The molecule has 0 saturated heterocycles. The molecule has 0 aliphatic carbocycles. The van der Waals surface area contributed by atoms with E-state index in [2.05, 4.69) is 5.32 Å². The van der Waals surface area contributed by atoms with E-state index in [-0.39, 0.29) is 35.5 Å². The number of hydrogen-bond acceptors (Lipinski definition) is 6. The van der Waals surface area contributed by atoms with E-state index in [9.17, 15) is 18.0 Å². The van der Waals surface area contributed by atoms with Gasteiger partial charge in [0.1, 0.15) is 18.3 Å². The van der Waals surface area contributed by atoms with Crippen LogP contribution in [-0.4, -0.2) is 56.6 Å². The summed E-state index contributed by atoms with van der Waals surface area (Å²) in [5.41, 5.74) is 1.63. The molecular formula is C36H39Cl2N3O5S2. The van der Waals surface area contributed by atoms with Crippen LogP contribution in [0, 0.1) is 0 Å². The number of nitrogens with one attached hydrogen (secondary N) is 1. The third-order valence-electron chi connectivity index (χ3n) is 7.42. The van der Waals surface area contributed by atoms with Gasteiger partial charge in [0, 0.05) is 33.9 Å². The van der Waals surface area contributed by atoms with Crippen molar-refractivity contribution in [2.24, 2.45) is 0 Å². The minimum atomic E-state index is -4.25. The Morgan fingerprint density at radius 2 is 1.58 bits per heavy atom. The highest BCUT2D eigenvalue weighted by Crippen LogP contribution is 2.29. The molecule has 0 aliphatic heterocycles. The van der Waals surface area contributed by atoms with E-state index >= 15 is 0 Å². The van der Waals surface area contributed by atoms with E-state index in [0.717, 1.165) is 14.8 Å². The first kappa shape index (κ1) is 37.1. The molecule has 1 atom stereocenters. The van der Waals surface area contributed by atoms with Crippen molar-refractivity contribution in [3.63, 3.8) is 0 Å². The standard InChI is InChI=1S/C36H39Cl2N3O5S2/c1-5-46-30-15-13-29(14-16-30)41(48(44,45)32-19-17-31(47-4)18-20-32)24-35(42)40(23-27-11-12-28(37)22-33(27)38)34(36(43)39-25(2)3)21-26-9-7-6-8-10-26/h6-20,22,25,34H,5,21,23-24H2,1-4H3,(H,39,43). The first-order chi connectivity index (χ1) is 22.9. The fourth-order valence-corrected chi connectivity index (χ4v) is 7.34. The van der Waals surface area contributed by atoms with Gasteiger partial charge >= 0.3 is 0 Å². The number of halogens is 2.